The first-order valence-electron chi connectivity index (χ1n) is 8.59. The number of rotatable bonds is 4. The Morgan fingerprint density at radius 1 is 1.39 bits per heavy atom. The first-order chi connectivity index (χ1) is 11.2. The number of aliphatic imine (C=N–C) groups is 1. The molecule has 1 unspecified atom stereocenters. The number of hydrogen-bond acceptors (Lipinski definition) is 3. The Hall–Kier alpha value is -2.00. The van der Waals surface area contributed by atoms with E-state index in [4.69, 9.17) is 5.53 Å². The summed E-state index contributed by atoms with van der Waals surface area (Å²) in [5.41, 5.74) is 10.9. The van der Waals surface area contributed by atoms with Crippen LogP contribution in [0.15, 0.2) is 34.4 Å². The highest BCUT2D eigenvalue weighted by molar-refractivity contribution is 5.90. The zero-order chi connectivity index (χ0) is 16.5. The Balaban J connectivity index is 0.000000207. The summed E-state index contributed by atoms with van der Waals surface area (Å²) in [7, 11) is 0. The van der Waals surface area contributed by atoms with E-state index in [2.05, 4.69) is 58.4 Å². The molecular weight excluding hydrogens is 286 g/mol. The molecule has 1 aromatic rings. The standard InChI is InChI=1S/C13H16N2.C5H11N3/c1-2-6-11-10(4-1)5-3-7-12(11)13-14-8-9-15-13;1-5(2)3-4-7-8-6/h1-2,4,6,12H,3,5,7-9H2,(H,14,15);5H,3-4H2,1-2H3. The van der Waals surface area contributed by atoms with Crippen LogP contribution in [0.1, 0.15) is 50.2 Å². The zero-order valence-corrected chi connectivity index (χ0v) is 14.2. The van der Waals surface area contributed by atoms with Gasteiger partial charge in [-0.1, -0.05) is 43.2 Å². The van der Waals surface area contributed by atoms with Crippen molar-refractivity contribution < 1.29 is 0 Å². The van der Waals surface area contributed by atoms with Crippen LogP contribution in [0, 0.1) is 5.92 Å². The van der Waals surface area contributed by atoms with E-state index in [1.54, 1.807) is 0 Å². The van der Waals surface area contributed by atoms with Gasteiger partial charge in [0.1, 0.15) is 5.84 Å². The Morgan fingerprint density at radius 3 is 2.91 bits per heavy atom. The van der Waals surface area contributed by atoms with Crippen molar-refractivity contribution in [3.63, 3.8) is 0 Å². The third-order valence-electron chi connectivity index (χ3n) is 4.27. The number of nitrogens with zero attached hydrogens (tertiary/aromatic N) is 4. The van der Waals surface area contributed by atoms with E-state index >= 15 is 0 Å². The predicted octanol–water partition coefficient (Wildman–Crippen LogP) is 4.45. The number of hydrogen-bond donors (Lipinski definition) is 1. The van der Waals surface area contributed by atoms with Gasteiger partial charge >= 0.3 is 0 Å². The smallest absolute Gasteiger partial charge is 0.104 e. The summed E-state index contributed by atoms with van der Waals surface area (Å²) >= 11 is 0. The highest BCUT2D eigenvalue weighted by Crippen LogP contribution is 2.32. The van der Waals surface area contributed by atoms with Crippen molar-refractivity contribution in [3.05, 3.63) is 45.8 Å². The minimum atomic E-state index is 0.539. The Morgan fingerprint density at radius 2 is 2.22 bits per heavy atom. The van der Waals surface area contributed by atoms with Gasteiger partial charge in [0, 0.05) is 23.9 Å². The summed E-state index contributed by atoms with van der Waals surface area (Å²) in [4.78, 5) is 7.20. The minimum absolute atomic E-state index is 0.539. The van der Waals surface area contributed by atoms with Gasteiger partial charge in [-0.05, 0) is 48.3 Å². The van der Waals surface area contributed by atoms with Crippen molar-refractivity contribution in [1.82, 2.24) is 5.32 Å². The molecule has 124 valence electrons. The molecule has 1 heterocycles. The molecule has 3 rings (SSSR count). The second kappa shape index (κ2) is 9.21. The third kappa shape index (κ3) is 5.29. The highest BCUT2D eigenvalue weighted by Gasteiger charge is 2.25. The Kier molecular flexibility index (Phi) is 6.95. The summed E-state index contributed by atoms with van der Waals surface area (Å²) in [6.45, 7) is 6.82. The number of aryl methyl sites for hydroxylation is 1. The van der Waals surface area contributed by atoms with Crippen LogP contribution < -0.4 is 5.32 Å². The molecule has 0 bridgehead atoms. The maximum absolute atomic E-state index is 7.84. The lowest BCUT2D eigenvalue weighted by atomic mass is 9.82. The normalized spacial score (nSPS) is 18.9. The number of nitrogens with one attached hydrogen (secondary N) is 1. The molecule has 0 aromatic heterocycles. The second-order valence-corrected chi connectivity index (χ2v) is 6.47. The van der Waals surface area contributed by atoms with Crippen LogP contribution in [0.4, 0.5) is 0 Å². The number of azide groups is 1. The van der Waals surface area contributed by atoms with Gasteiger partial charge in [-0.25, -0.2) is 0 Å². The number of amidine groups is 1. The van der Waals surface area contributed by atoms with Crippen LogP contribution in [-0.2, 0) is 6.42 Å². The average molecular weight is 313 g/mol. The second-order valence-electron chi connectivity index (χ2n) is 6.47. The van der Waals surface area contributed by atoms with Crippen LogP contribution in [-0.4, -0.2) is 25.5 Å². The molecule has 1 atom stereocenters. The topological polar surface area (TPSA) is 73.2 Å². The fourth-order valence-corrected chi connectivity index (χ4v) is 3.05. The van der Waals surface area contributed by atoms with Gasteiger partial charge in [0.25, 0.3) is 0 Å². The monoisotopic (exact) mass is 313 g/mol. The van der Waals surface area contributed by atoms with Crippen molar-refractivity contribution in [2.45, 2.75) is 45.4 Å². The van der Waals surface area contributed by atoms with Gasteiger partial charge in [-0.15, -0.1) is 0 Å². The minimum Gasteiger partial charge on any atom is -0.371 e. The fraction of sp³-hybridized carbons (Fsp3) is 0.611. The molecular formula is C18H27N5. The molecule has 5 heteroatoms. The Labute approximate surface area is 138 Å². The molecule has 0 spiro atoms. The molecule has 1 aromatic carbocycles. The van der Waals surface area contributed by atoms with E-state index < -0.39 is 0 Å². The molecule has 5 nitrogen and oxygen atoms in total. The maximum atomic E-state index is 7.84. The van der Waals surface area contributed by atoms with Crippen molar-refractivity contribution in [2.24, 2.45) is 16.0 Å². The number of benzene rings is 1. The lowest BCUT2D eigenvalue weighted by Gasteiger charge is -2.25. The lowest BCUT2D eigenvalue weighted by Crippen LogP contribution is -2.28. The predicted molar refractivity (Wildman–Crippen MR) is 95.9 cm³/mol. The van der Waals surface area contributed by atoms with E-state index in [9.17, 15) is 0 Å². The van der Waals surface area contributed by atoms with E-state index in [1.807, 2.05) is 0 Å². The van der Waals surface area contributed by atoms with Crippen molar-refractivity contribution in [3.8, 4) is 0 Å². The van der Waals surface area contributed by atoms with E-state index in [0.717, 1.165) is 19.5 Å². The summed E-state index contributed by atoms with van der Waals surface area (Å²) in [5, 5.41) is 6.81. The molecule has 0 saturated heterocycles. The summed E-state index contributed by atoms with van der Waals surface area (Å²) < 4.78 is 0. The van der Waals surface area contributed by atoms with Crippen LogP contribution in [0.25, 0.3) is 10.4 Å². The van der Waals surface area contributed by atoms with E-state index in [1.165, 1.54) is 36.2 Å². The van der Waals surface area contributed by atoms with E-state index in [0.29, 0.717) is 18.4 Å². The SMILES string of the molecule is CC(C)CCN=[N+]=[N-].c1ccc2c(c1)CCCC2C1=NCCN1. The fourth-order valence-electron chi connectivity index (χ4n) is 3.05. The Bertz CT molecular complexity index is 573. The maximum Gasteiger partial charge on any atom is 0.104 e. The van der Waals surface area contributed by atoms with Gasteiger partial charge in [0.2, 0.25) is 0 Å². The molecule has 23 heavy (non-hydrogen) atoms. The van der Waals surface area contributed by atoms with Crippen molar-refractivity contribution >= 4 is 5.84 Å². The molecule has 0 amide bonds. The van der Waals surface area contributed by atoms with Gasteiger partial charge < -0.3 is 5.32 Å². The third-order valence-corrected chi connectivity index (χ3v) is 4.27. The molecule has 0 fully saturated rings. The van der Waals surface area contributed by atoms with Crippen LogP contribution >= 0.6 is 0 Å². The number of fused-ring (bicyclic) bond motifs is 1. The molecule has 1 N–H and O–H groups in total. The lowest BCUT2D eigenvalue weighted by molar-refractivity contribution is 0.595. The van der Waals surface area contributed by atoms with Gasteiger partial charge in [-0.3, -0.25) is 4.99 Å². The largest absolute Gasteiger partial charge is 0.371 e. The first-order valence-corrected chi connectivity index (χ1v) is 8.59. The van der Waals surface area contributed by atoms with Gasteiger partial charge in [0.15, 0.2) is 0 Å². The molecule has 0 radical (unpaired) electrons. The summed E-state index contributed by atoms with van der Waals surface area (Å²) in [5.74, 6) is 2.40. The van der Waals surface area contributed by atoms with E-state index in [-0.39, 0.29) is 0 Å². The highest BCUT2D eigenvalue weighted by atomic mass is 15.1. The van der Waals surface area contributed by atoms with Crippen molar-refractivity contribution in [1.29, 1.82) is 0 Å². The van der Waals surface area contributed by atoms with Gasteiger partial charge in [0.05, 0.1) is 6.54 Å². The molecule has 2 aliphatic rings. The summed E-state index contributed by atoms with van der Waals surface area (Å²) in [6, 6.07) is 8.82. The molecule has 0 saturated carbocycles. The first kappa shape index (κ1) is 17.4. The quantitative estimate of drug-likeness (QED) is 0.498. The zero-order valence-electron chi connectivity index (χ0n) is 14.2. The molecule has 1 aliphatic carbocycles. The van der Waals surface area contributed by atoms with Crippen LogP contribution in [0.3, 0.4) is 0 Å². The van der Waals surface area contributed by atoms with Crippen LogP contribution in [0.5, 0.6) is 0 Å². The van der Waals surface area contributed by atoms with Crippen LogP contribution in [0.2, 0.25) is 0 Å². The van der Waals surface area contributed by atoms with Crippen molar-refractivity contribution in [2.75, 3.05) is 19.6 Å². The average Bonchev–Trinajstić information content (AvgIpc) is 3.09. The van der Waals surface area contributed by atoms with Gasteiger partial charge in [-0.2, -0.15) is 0 Å². The summed E-state index contributed by atoms with van der Waals surface area (Å²) in [6.07, 6.45) is 4.77. The molecule has 1 aliphatic heterocycles.